The van der Waals surface area contributed by atoms with Crippen LogP contribution in [-0.2, 0) is 0 Å². The van der Waals surface area contributed by atoms with Crippen LogP contribution in [0.5, 0.6) is 5.75 Å². The zero-order valence-corrected chi connectivity index (χ0v) is 2.97. The number of aromatic amines is 1. The maximum atomic E-state index is 8.32. The van der Waals surface area contributed by atoms with E-state index in [2.05, 4.69) is 16.4 Å². The maximum Gasteiger partial charge on any atom is 0.163 e. The van der Waals surface area contributed by atoms with Crippen molar-refractivity contribution in [2.75, 3.05) is 0 Å². The fourth-order valence-corrected chi connectivity index (χ4v) is 0.215. The molecule has 2 N–H and O–H groups in total. The summed E-state index contributed by atoms with van der Waals surface area (Å²) < 4.78 is 0. The lowest BCUT2D eigenvalue weighted by atomic mass is 10.7. The average molecular weight is 83.1 g/mol. The second-order valence-electron chi connectivity index (χ2n) is 0.882. The van der Waals surface area contributed by atoms with Crippen molar-refractivity contribution in [1.29, 1.82) is 0 Å². The Morgan fingerprint density at radius 3 is 3.00 bits per heavy atom. The highest BCUT2D eigenvalue weighted by atomic mass is 16.3. The Morgan fingerprint density at radius 2 is 2.83 bits per heavy atom. The first-order chi connectivity index (χ1) is 2.89. The van der Waals surface area contributed by atoms with Gasteiger partial charge in [-0.3, -0.25) is 5.10 Å². The number of H-pyrrole nitrogens is 1. The van der Waals surface area contributed by atoms with Crippen molar-refractivity contribution in [2.45, 2.75) is 0 Å². The van der Waals surface area contributed by atoms with Crippen molar-refractivity contribution in [1.82, 2.24) is 10.2 Å². The van der Waals surface area contributed by atoms with Gasteiger partial charge in [-0.25, -0.2) is 0 Å². The topological polar surface area (TPSA) is 48.9 Å². The molecule has 0 saturated heterocycles. The molecule has 1 aromatic rings. The molecule has 0 aliphatic carbocycles. The van der Waals surface area contributed by atoms with Crippen molar-refractivity contribution in [2.24, 2.45) is 0 Å². The molecule has 1 radical (unpaired) electrons. The first-order valence-corrected chi connectivity index (χ1v) is 1.50. The second kappa shape index (κ2) is 1.01. The van der Waals surface area contributed by atoms with Crippen molar-refractivity contribution < 1.29 is 5.11 Å². The molecule has 0 saturated carbocycles. The van der Waals surface area contributed by atoms with Gasteiger partial charge in [0.1, 0.15) is 0 Å². The fraction of sp³-hybridized carbons (Fsp3) is 0. The molecule has 0 bridgehead atoms. The van der Waals surface area contributed by atoms with Crippen LogP contribution in [0, 0.1) is 6.20 Å². The van der Waals surface area contributed by atoms with Crippen LogP contribution in [0.1, 0.15) is 0 Å². The van der Waals surface area contributed by atoms with Crippen LogP contribution in [0.2, 0.25) is 0 Å². The van der Waals surface area contributed by atoms with E-state index in [0.29, 0.717) is 0 Å². The van der Waals surface area contributed by atoms with Crippen LogP contribution in [0.3, 0.4) is 0 Å². The minimum atomic E-state index is 0.0509. The average Bonchev–Trinajstić information content (AvgIpc) is 1.86. The van der Waals surface area contributed by atoms with Gasteiger partial charge in [0.25, 0.3) is 0 Å². The Morgan fingerprint density at radius 1 is 2.00 bits per heavy atom. The Kier molecular flexibility index (Phi) is 0.538. The molecule has 3 heteroatoms. The first-order valence-electron chi connectivity index (χ1n) is 1.50. The van der Waals surface area contributed by atoms with E-state index in [1.165, 1.54) is 6.20 Å². The van der Waals surface area contributed by atoms with Gasteiger partial charge in [-0.15, -0.1) is 0 Å². The molecule has 1 heterocycles. The van der Waals surface area contributed by atoms with Crippen LogP contribution < -0.4 is 0 Å². The van der Waals surface area contributed by atoms with Gasteiger partial charge < -0.3 is 5.11 Å². The lowest BCUT2D eigenvalue weighted by molar-refractivity contribution is 0.474. The van der Waals surface area contributed by atoms with Crippen molar-refractivity contribution >= 4 is 0 Å². The normalized spacial score (nSPS) is 8.67. The van der Waals surface area contributed by atoms with Gasteiger partial charge in [0.05, 0.1) is 6.20 Å². The summed E-state index contributed by atoms with van der Waals surface area (Å²) in [6.45, 7) is 0. The largest absolute Gasteiger partial charge is 0.504 e. The Bertz CT molecular complexity index is 112. The van der Waals surface area contributed by atoms with E-state index in [-0.39, 0.29) is 5.75 Å². The molecular formula is C3H3N2O. The van der Waals surface area contributed by atoms with E-state index in [1.807, 2.05) is 0 Å². The monoisotopic (exact) mass is 83.0 g/mol. The zero-order valence-electron chi connectivity index (χ0n) is 2.97. The molecule has 0 atom stereocenters. The van der Waals surface area contributed by atoms with E-state index in [1.54, 1.807) is 0 Å². The molecule has 3 nitrogen and oxygen atoms in total. The van der Waals surface area contributed by atoms with Crippen LogP contribution in [-0.4, -0.2) is 15.3 Å². The van der Waals surface area contributed by atoms with Crippen LogP contribution >= 0.6 is 0 Å². The summed E-state index contributed by atoms with van der Waals surface area (Å²) in [6.07, 6.45) is 3.60. The molecule has 0 aliphatic rings. The van der Waals surface area contributed by atoms with Gasteiger partial charge in [0, 0.05) is 0 Å². The van der Waals surface area contributed by atoms with Gasteiger partial charge in [-0.05, 0) is 0 Å². The molecule has 0 aliphatic heterocycles. The smallest absolute Gasteiger partial charge is 0.163 e. The maximum absolute atomic E-state index is 8.32. The molecule has 0 fully saturated rings. The molecule has 0 amide bonds. The highest BCUT2D eigenvalue weighted by Crippen LogP contribution is 1.96. The van der Waals surface area contributed by atoms with Gasteiger partial charge >= 0.3 is 0 Å². The van der Waals surface area contributed by atoms with Crippen LogP contribution in [0.15, 0.2) is 6.20 Å². The van der Waals surface area contributed by atoms with E-state index in [0.717, 1.165) is 0 Å². The summed E-state index contributed by atoms with van der Waals surface area (Å²) in [5, 5.41) is 14.0. The predicted octanol–water partition coefficient (Wildman–Crippen LogP) is -0.0845. The quantitative estimate of drug-likeness (QED) is 0.460. The molecule has 0 unspecified atom stereocenters. The van der Waals surface area contributed by atoms with Crippen molar-refractivity contribution in [3.05, 3.63) is 12.4 Å². The minimum Gasteiger partial charge on any atom is -0.504 e. The predicted molar refractivity (Wildman–Crippen MR) is 19.1 cm³/mol. The summed E-state index contributed by atoms with van der Waals surface area (Å²) in [5.74, 6) is 0.0509. The fourth-order valence-electron chi connectivity index (χ4n) is 0.215. The second-order valence-corrected chi connectivity index (χ2v) is 0.882. The number of hydrogen-bond donors (Lipinski definition) is 2. The third-order valence-corrected chi connectivity index (χ3v) is 0.436. The van der Waals surface area contributed by atoms with Gasteiger partial charge in [0.15, 0.2) is 11.9 Å². The molecule has 6 heavy (non-hydrogen) atoms. The van der Waals surface area contributed by atoms with Gasteiger partial charge in [0.2, 0.25) is 0 Å². The number of aromatic nitrogens is 2. The minimum absolute atomic E-state index is 0.0509. The summed E-state index contributed by atoms with van der Waals surface area (Å²) in [4.78, 5) is 0. The molecule has 1 rings (SSSR count). The zero-order chi connectivity index (χ0) is 4.41. The Balaban J connectivity index is 3.05. The number of hydrogen-bond acceptors (Lipinski definition) is 2. The number of nitrogens with zero attached hydrogens (tertiary/aromatic N) is 1. The van der Waals surface area contributed by atoms with Crippen molar-refractivity contribution in [3.63, 3.8) is 0 Å². The molecular weight excluding hydrogens is 80.0 g/mol. The van der Waals surface area contributed by atoms with Crippen molar-refractivity contribution in [3.8, 4) is 5.75 Å². The Labute approximate surface area is 34.6 Å². The third-order valence-electron chi connectivity index (χ3n) is 0.436. The van der Waals surface area contributed by atoms with Gasteiger partial charge in [-0.2, -0.15) is 5.10 Å². The number of aromatic hydroxyl groups is 1. The van der Waals surface area contributed by atoms with E-state index < -0.39 is 0 Å². The highest BCUT2D eigenvalue weighted by Gasteiger charge is 1.79. The number of nitrogens with one attached hydrogen (secondary N) is 1. The summed E-state index contributed by atoms with van der Waals surface area (Å²) in [6, 6.07) is 0. The molecule has 31 valence electrons. The van der Waals surface area contributed by atoms with E-state index in [4.69, 9.17) is 5.11 Å². The first kappa shape index (κ1) is 3.21. The van der Waals surface area contributed by atoms with E-state index >= 15 is 0 Å². The van der Waals surface area contributed by atoms with E-state index in [9.17, 15) is 0 Å². The van der Waals surface area contributed by atoms with Gasteiger partial charge in [-0.1, -0.05) is 0 Å². The number of rotatable bonds is 0. The lowest BCUT2D eigenvalue weighted by Crippen LogP contribution is -1.54. The Hall–Kier alpha value is -0.990. The third kappa shape index (κ3) is 0.337. The molecule has 1 aromatic heterocycles. The summed E-state index contributed by atoms with van der Waals surface area (Å²) in [7, 11) is 0. The molecule has 0 aromatic carbocycles. The summed E-state index contributed by atoms with van der Waals surface area (Å²) in [5.41, 5.74) is 0. The molecule has 0 spiro atoms. The lowest BCUT2D eigenvalue weighted by Gasteiger charge is -1.64. The highest BCUT2D eigenvalue weighted by molar-refractivity contribution is 5.04. The summed E-state index contributed by atoms with van der Waals surface area (Å²) >= 11 is 0. The van der Waals surface area contributed by atoms with Crippen LogP contribution in [0.25, 0.3) is 0 Å². The SMILES string of the molecule is Oc1[c]n[nH]c1. The standard InChI is InChI=1S/C3H3N2O/c6-3-1-4-5-2-3/h1,6H,(H,4,5). The van der Waals surface area contributed by atoms with Crippen LogP contribution in [0.4, 0.5) is 0 Å².